The van der Waals surface area contributed by atoms with Crippen molar-refractivity contribution < 1.29 is 9.90 Å². The van der Waals surface area contributed by atoms with Gasteiger partial charge in [0.25, 0.3) is 5.91 Å². The van der Waals surface area contributed by atoms with E-state index in [4.69, 9.17) is 5.11 Å². The van der Waals surface area contributed by atoms with Crippen LogP contribution in [0, 0.1) is 0 Å². The van der Waals surface area contributed by atoms with Gasteiger partial charge in [0, 0.05) is 0 Å². The van der Waals surface area contributed by atoms with Gasteiger partial charge in [0.15, 0.2) is 0 Å². The van der Waals surface area contributed by atoms with Gasteiger partial charge in [-0.05, 0) is 35.4 Å². The summed E-state index contributed by atoms with van der Waals surface area (Å²) in [5.74, 6) is -0.141. The molecule has 0 radical (unpaired) electrons. The maximum absolute atomic E-state index is 11.9. The van der Waals surface area contributed by atoms with Gasteiger partial charge in [0.1, 0.15) is 0 Å². The molecule has 0 aromatic carbocycles. The Bertz CT molecular complexity index is 449. The Morgan fingerprint density at radius 2 is 2.44 bits per heavy atom. The van der Waals surface area contributed by atoms with Gasteiger partial charge in [0.2, 0.25) is 0 Å². The molecule has 0 saturated heterocycles. The Labute approximate surface area is 97.5 Å². The molecule has 0 spiro atoms. The lowest BCUT2D eigenvalue weighted by Crippen LogP contribution is -2.25. The molecule has 1 aromatic rings. The highest BCUT2D eigenvalue weighted by molar-refractivity contribution is 7.08. The molecule has 1 amide bonds. The summed E-state index contributed by atoms with van der Waals surface area (Å²) in [6.07, 6.45) is 1.83. The molecule has 0 atom stereocenters. The standard InChI is InChI=1S/C11H12N2O2S/c1-8-10(6-9-2-5-16-7-9)11(15)13(12-8)3-4-14/h2,5-7,14H,3-4H2,1H3/b10-6-. The van der Waals surface area contributed by atoms with Gasteiger partial charge in [0.05, 0.1) is 24.4 Å². The summed E-state index contributed by atoms with van der Waals surface area (Å²) in [5, 5.41) is 18.1. The predicted octanol–water partition coefficient (Wildman–Crippen LogP) is 1.34. The number of hydrazone groups is 1. The first kappa shape index (κ1) is 11.0. The molecule has 5 heteroatoms. The minimum absolute atomic E-state index is 0.0751. The molecular weight excluding hydrogens is 224 g/mol. The normalized spacial score (nSPS) is 18.4. The van der Waals surface area contributed by atoms with Crippen molar-refractivity contribution in [3.05, 3.63) is 28.0 Å². The van der Waals surface area contributed by atoms with E-state index in [2.05, 4.69) is 5.10 Å². The van der Waals surface area contributed by atoms with Crippen LogP contribution in [0.4, 0.5) is 0 Å². The largest absolute Gasteiger partial charge is 0.394 e. The van der Waals surface area contributed by atoms with Crippen molar-refractivity contribution in [3.63, 3.8) is 0 Å². The van der Waals surface area contributed by atoms with Crippen LogP contribution in [0.2, 0.25) is 0 Å². The van der Waals surface area contributed by atoms with E-state index in [1.807, 2.05) is 22.9 Å². The maximum atomic E-state index is 11.9. The molecule has 0 fully saturated rings. The summed E-state index contributed by atoms with van der Waals surface area (Å²) in [5.41, 5.74) is 2.31. The number of hydrogen-bond acceptors (Lipinski definition) is 4. The van der Waals surface area contributed by atoms with Gasteiger partial charge in [-0.1, -0.05) is 0 Å². The summed E-state index contributed by atoms with van der Waals surface area (Å²) in [6.45, 7) is 1.97. The second-order valence-electron chi connectivity index (χ2n) is 3.45. The molecule has 0 unspecified atom stereocenters. The molecule has 2 rings (SSSR count). The summed E-state index contributed by atoms with van der Waals surface area (Å²) < 4.78 is 0. The van der Waals surface area contributed by atoms with Crippen LogP contribution < -0.4 is 0 Å². The minimum Gasteiger partial charge on any atom is -0.394 e. The van der Waals surface area contributed by atoms with Crippen LogP contribution in [-0.4, -0.2) is 34.9 Å². The monoisotopic (exact) mass is 236 g/mol. The van der Waals surface area contributed by atoms with Gasteiger partial charge in [-0.25, -0.2) is 5.01 Å². The lowest BCUT2D eigenvalue weighted by atomic mass is 10.1. The van der Waals surface area contributed by atoms with Gasteiger partial charge < -0.3 is 5.11 Å². The Morgan fingerprint density at radius 1 is 1.62 bits per heavy atom. The summed E-state index contributed by atoms with van der Waals surface area (Å²) in [6, 6.07) is 1.95. The third kappa shape index (κ3) is 2.05. The highest BCUT2D eigenvalue weighted by atomic mass is 32.1. The number of nitrogens with zero attached hydrogens (tertiary/aromatic N) is 2. The molecule has 1 N–H and O–H groups in total. The van der Waals surface area contributed by atoms with E-state index in [9.17, 15) is 4.79 Å². The number of rotatable bonds is 3. The van der Waals surface area contributed by atoms with E-state index in [0.29, 0.717) is 11.3 Å². The van der Waals surface area contributed by atoms with E-state index in [1.54, 1.807) is 18.3 Å². The highest BCUT2D eigenvalue weighted by Crippen LogP contribution is 2.19. The average Bonchev–Trinajstić information content (AvgIpc) is 2.84. The van der Waals surface area contributed by atoms with Crippen molar-refractivity contribution in [3.8, 4) is 0 Å². The van der Waals surface area contributed by atoms with Gasteiger partial charge in [-0.3, -0.25) is 4.79 Å². The third-order valence-electron chi connectivity index (χ3n) is 2.29. The van der Waals surface area contributed by atoms with Crippen LogP contribution in [0.3, 0.4) is 0 Å². The molecule has 1 aliphatic heterocycles. The van der Waals surface area contributed by atoms with Crippen molar-refractivity contribution in [2.45, 2.75) is 6.92 Å². The number of β-amino-alcohol motifs (C(OH)–C–C–N with tert-alkyl or cyclic N) is 1. The zero-order valence-corrected chi connectivity index (χ0v) is 9.70. The second kappa shape index (κ2) is 4.59. The van der Waals surface area contributed by atoms with Gasteiger partial charge in [-0.15, -0.1) is 0 Å². The highest BCUT2D eigenvalue weighted by Gasteiger charge is 2.26. The molecule has 1 aliphatic rings. The summed E-state index contributed by atoms with van der Waals surface area (Å²) in [4.78, 5) is 11.9. The molecule has 84 valence electrons. The number of thiophene rings is 1. The number of amides is 1. The molecule has 4 nitrogen and oxygen atoms in total. The quantitative estimate of drug-likeness (QED) is 0.805. The Kier molecular flexibility index (Phi) is 3.17. The molecule has 2 heterocycles. The third-order valence-corrected chi connectivity index (χ3v) is 2.99. The van der Waals surface area contributed by atoms with Crippen molar-refractivity contribution in [1.29, 1.82) is 0 Å². The van der Waals surface area contributed by atoms with Crippen LogP contribution in [0.5, 0.6) is 0 Å². The fraction of sp³-hybridized carbons (Fsp3) is 0.273. The molecular formula is C11H12N2O2S. The van der Waals surface area contributed by atoms with E-state index in [1.165, 1.54) is 5.01 Å². The van der Waals surface area contributed by atoms with Crippen LogP contribution in [-0.2, 0) is 4.79 Å². The molecule has 0 saturated carbocycles. The van der Waals surface area contributed by atoms with Crippen LogP contribution in [0.25, 0.3) is 6.08 Å². The molecule has 0 aliphatic carbocycles. The minimum atomic E-state index is -0.141. The SMILES string of the molecule is CC1=NN(CCO)C(=O)/C1=C\c1ccsc1. The number of aliphatic hydroxyl groups is 1. The summed E-state index contributed by atoms with van der Waals surface area (Å²) >= 11 is 1.59. The second-order valence-corrected chi connectivity index (χ2v) is 4.23. The fourth-order valence-corrected chi connectivity index (χ4v) is 2.13. The van der Waals surface area contributed by atoms with E-state index in [-0.39, 0.29) is 19.1 Å². The lowest BCUT2D eigenvalue weighted by molar-refractivity contribution is -0.126. The predicted molar refractivity (Wildman–Crippen MR) is 64.2 cm³/mol. The van der Waals surface area contributed by atoms with Crippen LogP contribution >= 0.6 is 11.3 Å². The van der Waals surface area contributed by atoms with Crippen LogP contribution in [0.15, 0.2) is 27.5 Å². The number of hydrogen-bond donors (Lipinski definition) is 1. The van der Waals surface area contributed by atoms with E-state index >= 15 is 0 Å². The first-order valence-electron chi connectivity index (χ1n) is 4.94. The van der Waals surface area contributed by atoms with Crippen molar-refractivity contribution in [1.82, 2.24) is 5.01 Å². The topological polar surface area (TPSA) is 52.9 Å². The average molecular weight is 236 g/mol. The number of carbonyl (C=O) groups excluding carboxylic acids is 1. The Hall–Kier alpha value is -1.46. The van der Waals surface area contributed by atoms with E-state index < -0.39 is 0 Å². The van der Waals surface area contributed by atoms with Gasteiger partial charge in [-0.2, -0.15) is 16.4 Å². The number of aliphatic hydroxyl groups excluding tert-OH is 1. The van der Waals surface area contributed by atoms with E-state index in [0.717, 1.165) is 5.56 Å². The first-order chi connectivity index (χ1) is 7.72. The molecule has 0 bridgehead atoms. The van der Waals surface area contributed by atoms with Crippen molar-refractivity contribution in [2.24, 2.45) is 5.10 Å². The van der Waals surface area contributed by atoms with Crippen molar-refractivity contribution >= 4 is 29.0 Å². The van der Waals surface area contributed by atoms with Crippen LogP contribution in [0.1, 0.15) is 12.5 Å². The number of carbonyl (C=O) groups is 1. The van der Waals surface area contributed by atoms with Gasteiger partial charge >= 0.3 is 0 Å². The Balaban J connectivity index is 2.25. The zero-order valence-electron chi connectivity index (χ0n) is 8.88. The zero-order chi connectivity index (χ0) is 11.5. The maximum Gasteiger partial charge on any atom is 0.275 e. The molecule has 1 aromatic heterocycles. The Morgan fingerprint density at radius 3 is 3.06 bits per heavy atom. The van der Waals surface area contributed by atoms with Crippen molar-refractivity contribution in [2.75, 3.05) is 13.2 Å². The summed E-state index contributed by atoms with van der Waals surface area (Å²) in [7, 11) is 0. The fourth-order valence-electron chi connectivity index (χ4n) is 1.51. The molecule has 16 heavy (non-hydrogen) atoms. The first-order valence-corrected chi connectivity index (χ1v) is 5.89. The smallest absolute Gasteiger partial charge is 0.275 e. The lowest BCUT2D eigenvalue weighted by Gasteiger charge is -2.08.